The molecule has 1 heterocycles. The normalized spacial score (nSPS) is 10.3. The minimum absolute atomic E-state index is 0.252. The highest BCUT2D eigenvalue weighted by Crippen LogP contribution is 2.36. The largest absolute Gasteiger partial charge is 0.432 e. The van der Waals surface area contributed by atoms with Gasteiger partial charge in [0.25, 0.3) is 0 Å². The van der Waals surface area contributed by atoms with Crippen LogP contribution in [0.15, 0.2) is 24.5 Å². The van der Waals surface area contributed by atoms with Gasteiger partial charge in [0.1, 0.15) is 12.1 Å². The summed E-state index contributed by atoms with van der Waals surface area (Å²) in [6, 6.07) is 5.06. The van der Waals surface area contributed by atoms with Gasteiger partial charge in [-0.15, -0.1) is 0 Å². The standard InChI is InChI=1S/C11H7Cl2N3O3/c1-6-2-3-7(12)8(4-6)19-11-9(16(17)18)10(13)14-5-15-11/h2-5H,1H3. The molecule has 0 radical (unpaired) electrons. The molecule has 0 aliphatic carbocycles. The minimum atomic E-state index is -0.707. The zero-order valence-corrected chi connectivity index (χ0v) is 11.1. The van der Waals surface area contributed by atoms with Crippen molar-refractivity contribution < 1.29 is 9.66 Å². The summed E-state index contributed by atoms with van der Waals surface area (Å²) in [5.41, 5.74) is 0.393. The summed E-state index contributed by atoms with van der Waals surface area (Å²) in [6.45, 7) is 1.84. The van der Waals surface area contributed by atoms with E-state index in [1.807, 2.05) is 6.92 Å². The molecular formula is C11H7Cl2N3O3. The lowest BCUT2D eigenvalue weighted by Gasteiger charge is -2.07. The number of ether oxygens (including phenoxy) is 1. The van der Waals surface area contributed by atoms with Gasteiger partial charge >= 0.3 is 11.6 Å². The van der Waals surface area contributed by atoms with Crippen molar-refractivity contribution >= 4 is 28.9 Å². The third kappa shape index (κ3) is 2.91. The fourth-order valence-electron chi connectivity index (χ4n) is 1.36. The van der Waals surface area contributed by atoms with Crippen molar-refractivity contribution in [3.63, 3.8) is 0 Å². The summed E-state index contributed by atoms with van der Waals surface area (Å²) >= 11 is 11.6. The lowest BCUT2D eigenvalue weighted by Crippen LogP contribution is -1.98. The van der Waals surface area contributed by atoms with Gasteiger partial charge in [0.2, 0.25) is 5.15 Å². The van der Waals surface area contributed by atoms with Crippen LogP contribution in [0.5, 0.6) is 11.6 Å². The zero-order valence-electron chi connectivity index (χ0n) is 9.63. The number of nitro groups is 1. The van der Waals surface area contributed by atoms with E-state index in [9.17, 15) is 10.1 Å². The van der Waals surface area contributed by atoms with Crippen LogP contribution in [0.3, 0.4) is 0 Å². The third-order valence-electron chi connectivity index (χ3n) is 2.22. The van der Waals surface area contributed by atoms with E-state index in [0.29, 0.717) is 5.02 Å². The molecule has 0 aliphatic heterocycles. The van der Waals surface area contributed by atoms with Gasteiger partial charge in [-0.2, -0.15) is 4.98 Å². The smallest absolute Gasteiger partial charge is 0.368 e. The number of halogens is 2. The molecule has 98 valence electrons. The topological polar surface area (TPSA) is 78.2 Å². The van der Waals surface area contributed by atoms with Crippen molar-refractivity contribution in [3.8, 4) is 11.6 Å². The quantitative estimate of drug-likeness (QED) is 0.489. The molecule has 0 unspecified atom stereocenters. The van der Waals surface area contributed by atoms with Crippen molar-refractivity contribution in [1.82, 2.24) is 9.97 Å². The van der Waals surface area contributed by atoms with Crippen LogP contribution in [0.25, 0.3) is 0 Å². The Hall–Kier alpha value is -1.92. The van der Waals surface area contributed by atoms with Crippen LogP contribution in [0.1, 0.15) is 5.56 Å². The van der Waals surface area contributed by atoms with E-state index in [-0.39, 0.29) is 16.8 Å². The molecule has 8 heteroatoms. The molecule has 19 heavy (non-hydrogen) atoms. The first kappa shape index (κ1) is 13.5. The molecule has 2 aromatic rings. The average molecular weight is 300 g/mol. The SMILES string of the molecule is Cc1ccc(Cl)c(Oc2ncnc(Cl)c2[N+](=O)[O-])c1. The van der Waals surface area contributed by atoms with Gasteiger partial charge in [0, 0.05) is 0 Å². The highest BCUT2D eigenvalue weighted by molar-refractivity contribution is 6.32. The molecule has 1 aromatic carbocycles. The Morgan fingerprint density at radius 1 is 1.32 bits per heavy atom. The molecule has 0 bridgehead atoms. The summed E-state index contributed by atoms with van der Waals surface area (Å²) in [6.07, 6.45) is 1.08. The fourth-order valence-corrected chi connectivity index (χ4v) is 1.71. The Kier molecular flexibility index (Phi) is 3.82. The van der Waals surface area contributed by atoms with Gasteiger partial charge < -0.3 is 4.74 Å². The number of rotatable bonds is 3. The van der Waals surface area contributed by atoms with Crippen molar-refractivity contribution in [2.45, 2.75) is 6.92 Å². The first-order valence-corrected chi connectivity index (χ1v) is 5.83. The molecule has 0 aliphatic rings. The first-order chi connectivity index (χ1) is 8.99. The predicted molar refractivity (Wildman–Crippen MR) is 70.0 cm³/mol. The lowest BCUT2D eigenvalue weighted by atomic mass is 10.2. The highest BCUT2D eigenvalue weighted by atomic mass is 35.5. The Labute approximate surface area is 118 Å². The molecule has 0 N–H and O–H groups in total. The molecule has 0 spiro atoms. The Balaban J connectivity index is 2.46. The number of hydrogen-bond acceptors (Lipinski definition) is 5. The fraction of sp³-hybridized carbons (Fsp3) is 0.0909. The van der Waals surface area contributed by atoms with Gasteiger partial charge in [0.05, 0.1) is 9.95 Å². The van der Waals surface area contributed by atoms with Crippen LogP contribution in [0.2, 0.25) is 10.2 Å². The lowest BCUT2D eigenvalue weighted by molar-refractivity contribution is -0.386. The summed E-state index contributed by atoms with van der Waals surface area (Å²) in [5, 5.41) is 10.9. The molecule has 0 saturated heterocycles. The molecule has 1 aromatic heterocycles. The summed E-state index contributed by atoms with van der Waals surface area (Å²) < 4.78 is 5.35. The third-order valence-corrected chi connectivity index (χ3v) is 2.81. The van der Waals surface area contributed by atoms with Crippen molar-refractivity contribution in [2.24, 2.45) is 0 Å². The van der Waals surface area contributed by atoms with E-state index in [4.69, 9.17) is 27.9 Å². The molecule has 0 saturated carbocycles. The highest BCUT2D eigenvalue weighted by Gasteiger charge is 2.24. The molecule has 0 amide bonds. The summed E-state index contributed by atoms with van der Waals surface area (Å²) in [5.74, 6) is 0.0111. The maximum Gasteiger partial charge on any atom is 0.368 e. The van der Waals surface area contributed by atoms with Crippen molar-refractivity contribution in [1.29, 1.82) is 0 Å². The van der Waals surface area contributed by atoms with Crippen LogP contribution in [0.4, 0.5) is 5.69 Å². The summed E-state index contributed by atoms with van der Waals surface area (Å²) in [4.78, 5) is 17.5. The molecule has 0 atom stereocenters. The maximum absolute atomic E-state index is 10.9. The average Bonchev–Trinajstić information content (AvgIpc) is 2.33. The predicted octanol–water partition coefficient (Wildman–Crippen LogP) is 3.79. The second-order valence-electron chi connectivity index (χ2n) is 3.61. The number of hydrogen-bond donors (Lipinski definition) is 0. The molecule has 6 nitrogen and oxygen atoms in total. The first-order valence-electron chi connectivity index (χ1n) is 5.08. The van der Waals surface area contributed by atoms with Gasteiger partial charge in [-0.1, -0.05) is 29.3 Å². The van der Waals surface area contributed by atoms with Crippen LogP contribution in [-0.2, 0) is 0 Å². The Bertz CT molecular complexity index is 649. The zero-order chi connectivity index (χ0) is 14.0. The monoisotopic (exact) mass is 299 g/mol. The van der Waals surface area contributed by atoms with Gasteiger partial charge in [-0.05, 0) is 24.6 Å². The van der Waals surface area contributed by atoms with E-state index in [1.165, 1.54) is 0 Å². The van der Waals surface area contributed by atoms with Gasteiger partial charge in [-0.25, -0.2) is 4.98 Å². The minimum Gasteiger partial charge on any atom is -0.432 e. The molecule has 0 fully saturated rings. The van der Waals surface area contributed by atoms with Crippen molar-refractivity contribution in [2.75, 3.05) is 0 Å². The van der Waals surface area contributed by atoms with Crippen LogP contribution < -0.4 is 4.74 Å². The van der Waals surface area contributed by atoms with Crippen molar-refractivity contribution in [3.05, 3.63) is 50.4 Å². The number of benzene rings is 1. The van der Waals surface area contributed by atoms with E-state index in [2.05, 4.69) is 9.97 Å². The second-order valence-corrected chi connectivity index (χ2v) is 4.38. The number of aromatic nitrogens is 2. The second kappa shape index (κ2) is 5.38. The van der Waals surface area contributed by atoms with Crippen LogP contribution in [0, 0.1) is 17.0 Å². The molecule has 2 rings (SSSR count). The van der Waals surface area contributed by atoms with Crippen LogP contribution in [-0.4, -0.2) is 14.9 Å². The van der Waals surface area contributed by atoms with E-state index < -0.39 is 10.6 Å². The summed E-state index contributed by atoms with van der Waals surface area (Å²) in [7, 11) is 0. The van der Waals surface area contributed by atoms with E-state index in [1.54, 1.807) is 18.2 Å². The van der Waals surface area contributed by atoms with Crippen LogP contribution >= 0.6 is 23.2 Å². The number of aryl methyl sites for hydroxylation is 1. The van der Waals surface area contributed by atoms with Gasteiger partial charge in [-0.3, -0.25) is 10.1 Å². The Morgan fingerprint density at radius 3 is 2.74 bits per heavy atom. The van der Waals surface area contributed by atoms with E-state index in [0.717, 1.165) is 11.9 Å². The maximum atomic E-state index is 10.9. The Morgan fingerprint density at radius 2 is 2.05 bits per heavy atom. The number of nitrogens with zero attached hydrogens (tertiary/aromatic N) is 3. The van der Waals surface area contributed by atoms with Gasteiger partial charge in [0.15, 0.2) is 0 Å². The van der Waals surface area contributed by atoms with E-state index >= 15 is 0 Å². The molecular weight excluding hydrogens is 293 g/mol.